The first-order valence-electron chi connectivity index (χ1n) is 11.4. The van der Waals surface area contributed by atoms with Crippen LogP contribution in [0.25, 0.3) is 0 Å². The number of carbonyl (C=O) groups is 3. The van der Waals surface area contributed by atoms with Crippen LogP contribution in [0.15, 0.2) is 61.4 Å². The van der Waals surface area contributed by atoms with Gasteiger partial charge in [0, 0.05) is 50.2 Å². The quantitative estimate of drug-likeness (QED) is 0.420. The fourth-order valence-electron chi connectivity index (χ4n) is 4.67. The van der Waals surface area contributed by atoms with Crippen LogP contribution in [0.5, 0.6) is 0 Å². The highest BCUT2D eigenvalue weighted by molar-refractivity contribution is 5.95. The van der Waals surface area contributed by atoms with Gasteiger partial charge in [0.05, 0.1) is 30.6 Å². The molecule has 1 atom stereocenters. The molecule has 2 fully saturated rings. The Morgan fingerprint density at radius 3 is 2.51 bits per heavy atom. The van der Waals surface area contributed by atoms with Gasteiger partial charge in [-0.3, -0.25) is 29.9 Å². The van der Waals surface area contributed by atoms with E-state index in [4.69, 9.17) is 0 Å². The van der Waals surface area contributed by atoms with Crippen molar-refractivity contribution in [3.8, 4) is 0 Å². The predicted molar refractivity (Wildman–Crippen MR) is 124 cm³/mol. The van der Waals surface area contributed by atoms with E-state index < -0.39 is 5.92 Å². The molecule has 3 N–H and O–H groups in total. The number of nitrogens with one attached hydrogen (secondary N) is 3. The molecule has 1 aromatic carbocycles. The maximum atomic E-state index is 13.2. The van der Waals surface area contributed by atoms with E-state index >= 15 is 0 Å². The standard InChI is InChI=1S/C24H26N8O3/c33-21(6-18-7-25-16-26-8-18)29-30-22(34)20-12-31(15-24(20)13-27-14-24)23(35)19-9-28-32(11-19)10-17-4-2-1-3-5-17/h1-5,7-9,11,16,20,27H,6,10,12-15H2,(H,29,33)(H,30,34). The normalized spacial score (nSPS) is 18.2. The number of amides is 3. The van der Waals surface area contributed by atoms with Crippen molar-refractivity contribution >= 4 is 17.7 Å². The summed E-state index contributed by atoms with van der Waals surface area (Å²) in [6.45, 7) is 2.59. The first kappa shape index (κ1) is 22.7. The summed E-state index contributed by atoms with van der Waals surface area (Å²) in [5.74, 6) is -1.27. The van der Waals surface area contributed by atoms with Gasteiger partial charge >= 0.3 is 0 Å². The minimum atomic E-state index is -0.438. The van der Waals surface area contributed by atoms with Gasteiger partial charge in [-0.1, -0.05) is 30.3 Å². The number of likely N-dealkylation sites (tertiary alicyclic amines) is 1. The van der Waals surface area contributed by atoms with Crippen molar-refractivity contribution in [3.63, 3.8) is 0 Å². The van der Waals surface area contributed by atoms with Gasteiger partial charge in [0.25, 0.3) is 5.91 Å². The Bertz CT molecular complexity index is 1210. The van der Waals surface area contributed by atoms with Crippen LogP contribution < -0.4 is 16.2 Å². The number of carbonyl (C=O) groups excluding carboxylic acids is 3. The van der Waals surface area contributed by atoms with Crippen molar-refractivity contribution in [2.24, 2.45) is 11.3 Å². The van der Waals surface area contributed by atoms with Crippen LogP contribution in [0.3, 0.4) is 0 Å². The fourth-order valence-corrected chi connectivity index (χ4v) is 4.67. The van der Waals surface area contributed by atoms with Gasteiger partial charge in [-0.15, -0.1) is 0 Å². The minimum absolute atomic E-state index is 0.0517. The van der Waals surface area contributed by atoms with Crippen molar-refractivity contribution in [2.75, 3.05) is 26.2 Å². The Morgan fingerprint density at radius 1 is 1.03 bits per heavy atom. The first-order chi connectivity index (χ1) is 17.0. The Hall–Kier alpha value is -4.12. The van der Waals surface area contributed by atoms with Gasteiger partial charge in [-0.25, -0.2) is 9.97 Å². The number of hydrogen-bond donors (Lipinski definition) is 3. The second-order valence-electron chi connectivity index (χ2n) is 9.08. The largest absolute Gasteiger partial charge is 0.337 e. The average Bonchev–Trinajstić information content (AvgIpc) is 3.49. The summed E-state index contributed by atoms with van der Waals surface area (Å²) in [5, 5.41) is 7.55. The number of rotatable bonds is 6. The lowest BCUT2D eigenvalue weighted by atomic mass is 9.73. The summed E-state index contributed by atoms with van der Waals surface area (Å²) in [6.07, 6.45) is 7.84. The first-order valence-corrected chi connectivity index (χ1v) is 11.4. The van der Waals surface area contributed by atoms with Gasteiger partial charge in [-0.05, 0) is 11.1 Å². The van der Waals surface area contributed by atoms with Crippen LogP contribution in [0.2, 0.25) is 0 Å². The highest BCUT2D eigenvalue weighted by atomic mass is 16.2. The van der Waals surface area contributed by atoms with Crippen LogP contribution in [-0.4, -0.2) is 68.5 Å². The zero-order valence-electron chi connectivity index (χ0n) is 19.1. The molecule has 0 radical (unpaired) electrons. The van der Waals surface area contributed by atoms with Crippen molar-refractivity contribution in [1.82, 2.24) is 40.8 Å². The zero-order valence-corrected chi connectivity index (χ0v) is 19.1. The van der Waals surface area contributed by atoms with Crippen LogP contribution in [0.1, 0.15) is 21.5 Å². The Morgan fingerprint density at radius 2 is 1.80 bits per heavy atom. The van der Waals surface area contributed by atoms with E-state index in [-0.39, 0.29) is 36.1 Å². The second-order valence-corrected chi connectivity index (χ2v) is 9.08. The molecule has 11 nitrogen and oxygen atoms in total. The van der Waals surface area contributed by atoms with Gasteiger partial charge in [0.15, 0.2) is 0 Å². The molecular formula is C24H26N8O3. The Labute approximate surface area is 201 Å². The van der Waals surface area contributed by atoms with E-state index in [0.29, 0.717) is 37.3 Å². The number of hydrogen-bond acceptors (Lipinski definition) is 7. The predicted octanol–water partition coefficient (Wildman–Crippen LogP) is -0.227. The SMILES string of the molecule is O=C(Cc1cncnc1)NNC(=O)C1CN(C(=O)c2cnn(Cc3ccccc3)c2)CC12CNC2. The number of benzene rings is 1. The Kier molecular flexibility index (Phi) is 6.23. The van der Waals surface area contributed by atoms with Gasteiger partial charge in [0.1, 0.15) is 6.33 Å². The summed E-state index contributed by atoms with van der Waals surface area (Å²) in [4.78, 5) is 47.9. The third kappa shape index (κ3) is 4.90. The smallest absolute Gasteiger partial charge is 0.257 e. The maximum Gasteiger partial charge on any atom is 0.257 e. The average molecular weight is 475 g/mol. The highest BCUT2D eigenvalue weighted by Crippen LogP contribution is 2.40. The molecule has 180 valence electrons. The van der Waals surface area contributed by atoms with Crippen molar-refractivity contribution in [2.45, 2.75) is 13.0 Å². The molecule has 2 aliphatic heterocycles. The van der Waals surface area contributed by atoms with E-state index in [0.717, 1.165) is 5.56 Å². The fraction of sp³-hybridized carbons (Fsp3) is 0.333. The molecule has 0 saturated carbocycles. The molecule has 0 bridgehead atoms. The van der Waals surface area contributed by atoms with Crippen LogP contribution >= 0.6 is 0 Å². The molecule has 11 heteroatoms. The number of aromatic nitrogens is 4. The Balaban J connectivity index is 1.20. The van der Waals surface area contributed by atoms with Crippen molar-refractivity contribution in [1.29, 1.82) is 0 Å². The molecule has 1 unspecified atom stereocenters. The van der Waals surface area contributed by atoms with E-state index in [2.05, 4.69) is 31.2 Å². The summed E-state index contributed by atoms with van der Waals surface area (Å²) >= 11 is 0. The topological polar surface area (TPSA) is 134 Å². The molecule has 0 aliphatic carbocycles. The molecule has 2 saturated heterocycles. The van der Waals surface area contributed by atoms with Gasteiger partial charge in [-0.2, -0.15) is 5.10 Å². The molecule has 2 aliphatic rings. The zero-order chi connectivity index (χ0) is 24.3. The number of hydrazine groups is 1. The molecule has 5 rings (SSSR count). The lowest BCUT2D eigenvalue weighted by Crippen LogP contribution is -2.61. The third-order valence-electron chi connectivity index (χ3n) is 6.58. The van der Waals surface area contributed by atoms with E-state index in [1.165, 1.54) is 6.33 Å². The van der Waals surface area contributed by atoms with Gasteiger partial charge in [0.2, 0.25) is 11.8 Å². The van der Waals surface area contributed by atoms with Gasteiger partial charge < -0.3 is 10.2 Å². The van der Waals surface area contributed by atoms with Crippen LogP contribution in [0.4, 0.5) is 0 Å². The van der Waals surface area contributed by atoms with E-state index in [9.17, 15) is 14.4 Å². The molecule has 4 heterocycles. The van der Waals surface area contributed by atoms with Crippen LogP contribution in [0, 0.1) is 11.3 Å². The summed E-state index contributed by atoms with van der Waals surface area (Å²) in [5.41, 5.74) is 6.88. The third-order valence-corrected chi connectivity index (χ3v) is 6.58. The summed E-state index contributed by atoms with van der Waals surface area (Å²) in [7, 11) is 0. The van der Waals surface area contributed by atoms with Crippen molar-refractivity contribution < 1.29 is 14.4 Å². The number of nitrogens with zero attached hydrogens (tertiary/aromatic N) is 5. The van der Waals surface area contributed by atoms with E-state index in [1.807, 2.05) is 30.3 Å². The molecular weight excluding hydrogens is 448 g/mol. The summed E-state index contributed by atoms with van der Waals surface area (Å²) in [6, 6.07) is 9.89. The van der Waals surface area contributed by atoms with Crippen LogP contribution in [-0.2, 0) is 22.6 Å². The minimum Gasteiger partial charge on any atom is -0.337 e. The molecule has 1 spiro atoms. The monoisotopic (exact) mass is 474 g/mol. The molecule has 3 aromatic rings. The molecule has 3 amide bonds. The highest BCUT2D eigenvalue weighted by Gasteiger charge is 2.54. The maximum absolute atomic E-state index is 13.2. The summed E-state index contributed by atoms with van der Waals surface area (Å²) < 4.78 is 1.73. The second kappa shape index (κ2) is 9.63. The van der Waals surface area contributed by atoms with E-state index in [1.54, 1.807) is 34.4 Å². The molecule has 2 aromatic heterocycles. The van der Waals surface area contributed by atoms with Crippen molar-refractivity contribution in [3.05, 3.63) is 78.1 Å². The lowest BCUT2D eigenvalue weighted by molar-refractivity contribution is -0.133. The lowest BCUT2D eigenvalue weighted by Gasteiger charge is -2.42. The molecule has 35 heavy (non-hydrogen) atoms.